The van der Waals surface area contributed by atoms with Gasteiger partial charge in [-0.05, 0) is 6.92 Å². The lowest BCUT2D eigenvalue weighted by Gasteiger charge is -1.93. The van der Waals surface area contributed by atoms with Gasteiger partial charge in [-0.25, -0.2) is 0 Å². The molecule has 0 aliphatic rings. The molecule has 0 aliphatic carbocycles. The quantitative estimate of drug-likeness (QED) is 0.422. The number of hydrogen-bond acceptors (Lipinski definition) is 3. The van der Waals surface area contributed by atoms with E-state index in [0.717, 1.165) is 6.92 Å². The second-order valence-corrected chi connectivity index (χ2v) is 1.49. The zero-order chi connectivity index (χ0) is 7.44. The zero-order valence-corrected chi connectivity index (χ0v) is 4.70. The molecule has 0 saturated carbocycles. The second kappa shape index (κ2) is 2.91. The summed E-state index contributed by atoms with van der Waals surface area (Å²) < 4.78 is 0. The van der Waals surface area contributed by atoms with E-state index in [4.69, 9.17) is 5.11 Å². The summed E-state index contributed by atoms with van der Waals surface area (Å²) in [6, 6.07) is 0. The van der Waals surface area contributed by atoms with Gasteiger partial charge in [0.1, 0.15) is 5.92 Å². The van der Waals surface area contributed by atoms with Crippen molar-refractivity contribution >= 4 is 11.9 Å². The predicted octanol–water partition coefficient (Wildman–Crippen LogP) is 0.0001000. The SMILES string of the molecule is CC(C(=O)O)C(=O)N=O. The summed E-state index contributed by atoms with van der Waals surface area (Å²) in [5.74, 6) is -3.80. The Labute approximate surface area is 50.6 Å². The monoisotopic (exact) mass is 131 g/mol. The highest BCUT2D eigenvalue weighted by Gasteiger charge is 2.20. The molecule has 0 saturated heterocycles. The molecule has 0 aromatic carbocycles. The van der Waals surface area contributed by atoms with E-state index in [1.165, 1.54) is 0 Å². The largest absolute Gasteiger partial charge is 0.481 e. The van der Waals surface area contributed by atoms with Crippen LogP contribution < -0.4 is 0 Å². The van der Waals surface area contributed by atoms with Gasteiger partial charge >= 0.3 is 5.97 Å². The molecule has 0 aliphatic heterocycles. The zero-order valence-electron chi connectivity index (χ0n) is 4.70. The number of rotatable bonds is 2. The maximum atomic E-state index is 10.1. The maximum Gasteiger partial charge on any atom is 0.315 e. The molecular weight excluding hydrogens is 126 g/mol. The van der Waals surface area contributed by atoms with Crippen LogP contribution in [0.25, 0.3) is 0 Å². The Balaban J connectivity index is 4.03. The molecule has 50 valence electrons. The van der Waals surface area contributed by atoms with Gasteiger partial charge in [0.25, 0.3) is 5.91 Å². The first-order valence-electron chi connectivity index (χ1n) is 2.19. The number of nitroso groups, excluding NO2 is 1. The second-order valence-electron chi connectivity index (χ2n) is 1.49. The predicted molar refractivity (Wildman–Crippen MR) is 27.6 cm³/mol. The summed E-state index contributed by atoms with van der Waals surface area (Å²) >= 11 is 0. The van der Waals surface area contributed by atoms with Gasteiger partial charge in [-0.1, -0.05) is 0 Å². The maximum absolute atomic E-state index is 10.1. The minimum absolute atomic E-state index is 1.10. The smallest absolute Gasteiger partial charge is 0.315 e. The lowest BCUT2D eigenvalue weighted by molar-refractivity contribution is -0.145. The van der Waals surface area contributed by atoms with Gasteiger partial charge in [0.15, 0.2) is 0 Å². The number of nitrogens with zero attached hydrogens (tertiary/aromatic N) is 1. The number of aliphatic carboxylic acids is 1. The number of hydrogen-bond donors (Lipinski definition) is 1. The van der Waals surface area contributed by atoms with Crippen molar-refractivity contribution in [2.45, 2.75) is 6.92 Å². The van der Waals surface area contributed by atoms with E-state index in [0.29, 0.717) is 0 Å². The fourth-order valence-corrected chi connectivity index (χ4v) is 0.185. The number of carbonyl (C=O) groups is 2. The van der Waals surface area contributed by atoms with Crippen LogP contribution in [-0.2, 0) is 9.59 Å². The molecule has 0 spiro atoms. The first-order chi connectivity index (χ1) is 4.09. The molecule has 1 N–H and O–H groups in total. The van der Waals surface area contributed by atoms with Crippen LogP contribution in [0.4, 0.5) is 0 Å². The average Bonchev–Trinajstić information content (AvgIpc) is 1.84. The van der Waals surface area contributed by atoms with Gasteiger partial charge in [0.05, 0.1) is 0 Å². The van der Waals surface area contributed by atoms with Gasteiger partial charge in [-0.2, -0.15) is 0 Å². The molecule has 0 radical (unpaired) electrons. The van der Waals surface area contributed by atoms with E-state index < -0.39 is 17.8 Å². The van der Waals surface area contributed by atoms with Crippen molar-refractivity contribution in [2.75, 3.05) is 0 Å². The lowest BCUT2D eigenvalue weighted by Crippen LogP contribution is -2.17. The van der Waals surface area contributed by atoms with Crippen LogP contribution in [0, 0.1) is 10.8 Å². The Bertz CT molecular complexity index is 153. The highest BCUT2D eigenvalue weighted by Crippen LogP contribution is 1.96. The van der Waals surface area contributed by atoms with Crippen molar-refractivity contribution in [2.24, 2.45) is 11.1 Å². The van der Waals surface area contributed by atoms with Gasteiger partial charge in [-0.3, -0.25) is 9.59 Å². The molecule has 9 heavy (non-hydrogen) atoms. The van der Waals surface area contributed by atoms with E-state index in [2.05, 4.69) is 0 Å². The molecule has 1 amide bonds. The van der Waals surface area contributed by atoms with Crippen LogP contribution >= 0.6 is 0 Å². The van der Waals surface area contributed by atoms with E-state index in [-0.39, 0.29) is 0 Å². The Morgan fingerprint density at radius 2 is 2.00 bits per heavy atom. The average molecular weight is 131 g/mol. The third-order valence-corrected chi connectivity index (χ3v) is 0.831. The molecule has 0 aromatic heterocycles. The van der Waals surface area contributed by atoms with Crippen molar-refractivity contribution in [1.29, 1.82) is 0 Å². The minimum atomic E-state index is -1.33. The van der Waals surface area contributed by atoms with E-state index in [1.807, 2.05) is 5.18 Å². The molecular formula is C4H5NO4. The van der Waals surface area contributed by atoms with Crippen molar-refractivity contribution in [3.8, 4) is 0 Å². The van der Waals surface area contributed by atoms with Crippen LogP contribution in [0.3, 0.4) is 0 Å². The van der Waals surface area contributed by atoms with Crippen LogP contribution in [0.5, 0.6) is 0 Å². The first kappa shape index (κ1) is 7.74. The summed E-state index contributed by atoms with van der Waals surface area (Å²) in [7, 11) is 0. The highest BCUT2D eigenvalue weighted by molar-refractivity contribution is 5.96. The third-order valence-electron chi connectivity index (χ3n) is 0.831. The van der Waals surface area contributed by atoms with Gasteiger partial charge < -0.3 is 5.11 Å². The van der Waals surface area contributed by atoms with E-state index in [9.17, 15) is 14.5 Å². The van der Waals surface area contributed by atoms with Crippen LogP contribution in [0.15, 0.2) is 5.18 Å². The Morgan fingerprint density at radius 1 is 1.56 bits per heavy atom. The fourth-order valence-electron chi connectivity index (χ4n) is 0.185. The summed E-state index contributed by atoms with van der Waals surface area (Å²) in [6.07, 6.45) is 0. The summed E-state index contributed by atoms with van der Waals surface area (Å²) in [5, 5.41) is 10.0. The third kappa shape index (κ3) is 1.98. The fraction of sp³-hybridized carbons (Fsp3) is 0.500. The highest BCUT2D eigenvalue weighted by atomic mass is 16.4. The van der Waals surface area contributed by atoms with Crippen molar-refractivity contribution < 1.29 is 14.7 Å². The van der Waals surface area contributed by atoms with Crippen LogP contribution in [-0.4, -0.2) is 17.0 Å². The van der Waals surface area contributed by atoms with E-state index >= 15 is 0 Å². The molecule has 1 unspecified atom stereocenters. The van der Waals surface area contributed by atoms with Crippen molar-refractivity contribution in [1.82, 2.24) is 0 Å². The number of carboxylic acids is 1. The van der Waals surface area contributed by atoms with Gasteiger partial charge in [0, 0.05) is 5.18 Å². The molecule has 0 fully saturated rings. The number of amides is 1. The van der Waals surface area contributed by atoms with Crippen molar-refractivity contribution in [3.63, 3.8) is 0 Å². The van der Waals surface area contributed by atoms with Crippen LogP contribution in [0.1, 0.15) is 6.92 Å². The molecule has 1 atom stereocenters. The summed E-state index contributed by atoms with van der Waals surface area (Å²) in [6.45, 7) is 1.10. The molecule has 0 heterocycles. The van der Waals surface area contributed by atoms with Crippen molar-refractivity contribution in [3.05, 3.63) is 4.91 Å². The van der Waals surface area contributed by atoms with Gasteiger partial charge in [-0.15, -0.1) is 4.91 Å². The standard InChI is InChI=1S/C4H5NO4/c1-2(4(7)8)3(6)5-9/h2H,1H3,(H,7,8). The molecule has 5 nitrogen and oxygen atoms in total. The Morgan fingerprint density at radius 3 is 2.11 bits per heavy atom. The molecule has 0 aromatic rings. The number of carboxylic acid groups (broad SMARTS) is 1. The molecule has 0 bridgehead atoms. The van der Waals surface area contributed by atoms with Gasteiger partial charge in [0.2, 0.25) is 0 Å². The minimum Gasteiger partial charge on any atom is -0.481 e. The Hall–Kier alpha value is -1.26. The Kier molecular flexibility index (Phi) is 2.50. The summed E-state index contributed by atoms with van der Waals surface area (Å²) in [5.41, 5.74) is 0. The molecule has 5 heteroatoms. The first-order valence-corrected chi connectivity index (χ1v) is 2.19. The molecule has 0 rings (SSSR count). The normalized spacial score (nSPS) is 12.1. The summed E-state index contributed by atoms with van der Waals surface area (Å²) in [4.78, 5) is 29.4. The lowest BCUT2D eigenvalue weighted by atomic mass is 10.2. The van der Waals surface area contributed by atoms with Crippen LogP contribution in [0.2, 0.25) is 0 Å². The topological polar surface area (TPSA) is 83.8 Å². The van der Waals surface area contributed by atoms with E-state index in [1.54, 1.807) is 0 Å². The number of carbonyl (C=O) groups excluding carboxylic acids is 1.